The molecular weight excluding hydrogens is 482 g/mol. The normalized spacial score (nSPS) is 10.7. The van der Waals surface area contributed by atoms with E-state index in [0.717, 1.165) is 24.3 Å². The van der Waals surface area contributed by atoms with Crippen molar-refractivity contribution in [3.05, 3.63) is 18.2 Å². The largest absolute Gasteiger partial charge is 0.493 e. The van der Waals surface area contributed by atoms with Crippen molar-refractivity contribution in [3.63, 3.8) is 0 Å². The first-order chi connectivity index (χ1) is 18.5. The first kappa shape index (κ1) is 33.6. The summed E-state index contributed by atoms with van der Waals surface area (Å²) in [5.41, 5.74) is 0.716. The molecule has 0 saturated carbocycles. The number of carbonyl (C=O) groups excluding carboxylic acids is 2. The molecule has 0 radical (unpaired) electrons. The van der Waals surface area contributed by atoms with Crippen molar-refractivity contribution in [2.24, 2.45) is 0 Å². The molecule has 0 aliphatic rings. The standard InChI is InChI=1S/C31H53NO6/c1-4-6-8-10-12-14-16-18-20-35-29-22-28(32-25-31(34)38-26-37-27(3)33)23-30(24-29)36-21-19-17-15-13-11-9-7-5-2/h22-24,32H,4-21,25-26H2,1-3H3. The van der Waals surface area contributed by atoms with Crippen molar-refractivity contribution in [2.75, 3.05) is 31.9 Å². The highest BCUT2D eigenvalue weighted by Gasteiger charge is 2.08. The van der Waals surface area contributed by atoms with Crippen LogP contribution in [0.25, 0.3) is 0 Å². The molecule has 0 saturated heterocycles. The molecule has 0 amide bonds. The third-order valence-electron chi connectivity index (χ3n) is 6.33. The minimum atomic E-state index is -0.516. The van der Waals surface area contributed by atoms with Crippen LogP contribution < -0.4 is 14.8 Å². The summed E-state index contributed by atoms with van der Waals surface area (Å²) in [6.07, 6.45) is 20.0. The Labute approximate surface area is 231 Å². The van der Waals surface area contributed by atoms with Gasteiger partial charge in [0.05, 0.1) is 13.2 Å². The van der Waals surface area contributed by atoms with Crippen LogP contribution in [0.4, 0.5) is 5.69 Å². The number of benzene rings is 1. The second-order valence-electron chi connectivity index (χ2n) is 9.96. The Hall–Kier alpha value is -2.44. The van der Waals surface area contributed by atoms with Gasteiger partial charge < -0.3 is 24.3 Å². The van der Waals surface area contributed by atoms with Crippen molar-refractivity contribution >= 4 is 17.6 Å². The van der Waals surface area contributed by atoms with Crippen LogP contribution in [0.1, 0.15) is 124 Å². The van der Waals surface area contributed by atoms with Crippen LogP contribution in [0, 0.1) is 0 Å². The fourth-order valence-corrected chi connectivity index (χ4v) is 4.10. The predicted molar refractivity (Wildman–Crippen MR) is 154 cm³/mol. The Morgan fingerprint density at radius 2 is 1.08 bits per heavy atom. The third-order valence-corrected chi connectivity index (χ3v) is 6.33. The van der Waals surface area contributed by atoms with Crippen LogP contribution in [0.3, 0.4) is 0 Å². The number of rotatable bonds is 25. The van der Waals surface area contributed by atoms with Gasteiger partial charge in [0.2, 0.25) is 6.79 Å². The van der Waals surface area contributed by atoms with Gasteiger partial charge in [0.25, 0.3) is 0 Å². The van der Waals surface area contributed by atoms with Crippen LogP contribution in [0.15, 0.2) is 18.2 Å². The van der Waals surface area contributed by atoms with E-state index in [4.69, 9.17) is 14.2 Å². The third kappa shape index (κ3) is 19.6. The molecule has 0 bridgehead atoms. The topological polar surface area (TPSA) is 83.1 Å². The average Bonchev–Trinajstić information content (AvgIpc) is 2.90. The van der Waals surface area contributed by atoms with Gasteiger partial charge >= 0.3 is 11.9 Å². The van der Waals surface area contributed by atoms with Gasteiger partial charge in [-0.25, -0.2) is 0 Å². The van der Waals surface area contributed by atoms with E-state index < -0.39 is 11.9 Å². The molecular formula is C31H53NO6. The van der Waals surface area contributed by atoms with E-state index in [1.165, 1.54) is 96.8 Å². The Kier molecular flexibility index (Phi) is 20.9. The van der Waals surface area contributed by atoms with Gasteiger partial charge in [-0.15, -0.1) is 0 Å². The van der Waals surface area contributed by atoms with Crippen molar-refractivity contribution in [3.8, 4) is 11.5 Å². The van der Waals surface area contributed by atoms with E-state index in [1.54, 1.807) is 0 Å². The molecule has 0 aromatic heterocycles. The van der Waals surface area contributed by atoms with Crippen molar-refractivity contribution in [2.45, 2.75) is 124 Å². The Morgan fingerprint density at radius 1 is 0.632 bits per heavy atom. The molecule has 7 heteroatoms. The lowest BCUT2D eigenvalue weighted by Gasteiger charge is -2.14. The van der Waals surface area contributed by atoms with Crippen LogP contribution >= 0.6 is 0 Å². The fourth-order valence-electron chi connectivity index (χ4n) is 4.10. The summed E-state index contributed by atoms with van der Waals surface area (Å²) in [7, 11) is 0. The number of anilines is 1. The minimum absolute atomic E-state index is 0.0553. The zero-order chi connectivity index (χ0) is 27.7. The number of unbranched alkanes of at least 4 members (excludes halogenated alkanes) is 14. The maximum atomic E-state index is 11.9. The molecule has 0 atom stereocenters. The molecule has 0 aliphatic heterocycles. The predicted octanol–water partition coefficient (Wildman–Crippen LogP) is 8.20. The van der Waals surface area contributed by atoms with Gasteiger partial charge in [-0.1, -0.05) is 104 Å². The molecule has 0 heterocycles. The summed E-state index contributed by atoms with van der Waals surface area (Å²) in [6, 6.07) is 5.65. The van der Waals surface area contributed by atoms with Crippen molar-refractivity contribution in [1.29, 1.82) is 0 Å². The molecule has 0 fully saturated rings. The number of hydrogen-bond acceptors (Lipinski definition) is 7. The van der Waals surface area contributed by atoms with Gasteiger partial charge in [0, 0.05) is 30.8 Å². The van der Waals surface area contributed by atoms with Gasteiger partial charge in [0.15, 0.2) is 0 Å². The summed E-state index contributed by atoms with van der Waals surface area (Å²) >= 11 is 0. The monoisotopic (exact) mass is 535 g/mol. The summed E-state index contributed by atoms with van der Waals surface area (Å²) in [5.74, 6) is 0.428. The molecule has 0 aliphatic carbocycles. The van der Waals surface area contributed by atoms with Crippen LogP contribution in [-0.2, 0) is 19.1 Å². The Morgan fingerprint density at radius 3 is 1.53 bits per heavy atom. The highest BCUT2D eigenvalue weighted by atomic mass is 16.7. The molecule has 1 aromatic rings. The first-order valence-electron chi connectivity index (χ1n) is 15.0. The van der Waals surface area contributed by atoms with Gasteiger partial charge in [-0.3, -0.25) is 9.59 Å². The summed E-state index contributed by atoms with van der Waals surface area (Å²) in [5, 5.41) is 3.06. The molecule has 0 spiro atoms. The van der Waals surface area contributed by atoms with E-state index in [0.29, 0.717) is 18.9 Å². The summed E-state index contributed by atoms with van der Waals surface area (Å²) in [4.78, 5) is 22.8. The number of hydrogen-bond donors (Lipinski definition) is 1. The number of ether oxygens (including phenoxy) is 4. The molecule has 0 unspecified atom stereocenters. The Bertz CT molecular complexity index is 699. The highest BCUT2D eigenvalue weighted by Crippen LogP contribution is 2.27. The zero-order valence-corrected chi connectivity index (χ0v) is 24.3. The molecule has 218 valence electrons. The van der Waals surface area contributed by atoms with Crippen molar-refractivity contribution in [1.82, 2.24) is 0 Å². The molecule has 38 heavy (non-hydrogen) atoms. The average molecular weight is 536 g/mol. The maximum Gasteiger partial charge on any atom is 0.328 e. The van der Waals surface area contributed by atoms with Gasteiger partial charge in [-0.2, -0.15) is 0 Å². The number of esters is 2. The minimum Gasteiger partial charge on any atom is -0.493 e. The lowest BCUT2D eigenvalue weighted by atomic mass is 10.1. The van der Waals surface area contributed by atoms with E-state index in [-0.39, 0.29) is 13.3 Å². The van der Waals surface area contributed by atoms with E-state index in [9.17, 15) is 9.59 Å². The zero-order valence-electron chi connectivity index (χ0n) is 24.3. The number of nitrogens with one attached hydrogen (secondary N) is 1. The van der Waals surface area contributed by atoms with Crippen molar-refractivity contribution < 1.29 is 28.5 Å². The summed E-state index contributed by atoms with van der Waals surface area (Å²) < 4.78 is 21.6. The van der Waals surface area contributed by atoms with Gasteiger partial charge in [0.1, 0.15) is 18.0 Å². The van der Waals surface area contributed by atoms with Gasteiger partial charge in [-0.05, 0) is 12.8 Å². The molecule has 1 aromatic carbocycles. The summed E-state index contributed by atoms with van der Waals surface area (Å²) in [6.45, 7) is 6.62. The first-order valence-corrected chi connectivity index (χ1v) is 15.0. The van der Waals surface area contributed by atoms with Crippen LogP contribution in [0.5, 0.6) is 11.5 Å². The van der Waals surface area contributed by atoms with Crippen LogP contribution in [0.2, 0.25) is 0 Å². The molecule has 1 N–H and O–H groups in total. The smallest absolute Gasteiger partial charge is 0.328 e. The van der Waals surface area contributed by atoms with E-state index in [2.05, 4.69) is 23.9 Å². The van der Waals surface area contributed by atoms with E-state index >= 15 is 0 Å². The highest BCUT2D eigenvalue weighted by molar-refractivity contribution is 5.75. The lowest BCUT2D eigenvalue weighted by molar-refractivity contribution is -0.164. The molecule has 1 rings (SSSR count). The van der Waals surface area contributed by atoms with Crippen LogP contribution in [-0.4, -0.2) is 38.5 Å². The number of carbonyl (C=O) groups is 2. The quantitative estimate of drug-likeness (QED) is 0.0767. The SMILES string of the molecule is CCCCCCCCCCOc1cc(NCC(=O)OCOC(C)=O)cc(OCCCCCCCCCC)c1. The second kappa shape index (κ2) is 23.7. The van der Waals surface area contributed by atoms with E-state index in [1.807, 2.05) is 18.2 Å². The second-order valence-corrected chi connectivity index (χ2v) is 9.96. The Balaban J connectivity index is 2.48. The maximum absolute atomic E-state index is 11.9. The fraction of sp³-hybridized carbons (Fsp3) is 0.742. The lowest BCUT2D eigenvalue weighted by Crippen LogP contribution is -2.19. The molecule has 7 nitrogen and oxygen atoms in total.